The second-order valence-electron chi connectivity index (χ2n) is 2.47. The predicted octanol–water partition coefficient (Wildman–Crippen LogP) is 0.385. The zero-order chi connectivity index (χ0) is 8.81. The molecule has 1 atom stereocenters. The second-order valence-corrected chi connectivity index (χ2v) is 2.47. The highest BCUT2D eigenvalue weighted by Gasteiger charge is 2.04. The normalized spacial score (nSPS) is 12.5. The van der Waals surface area contributed by atoms with E-state index in [1.54, 1.807) is 0 Å². The van der Waals surface area contributed by atoms with Crippen LogP contribution in [0.5, 0.6) is 5.75 Å². The minimum Gasteiger partial charge on any atom is -0.487 e. The summed E-state index contributed by atoms with van der Waals surface area (Å²) in [4.78, 5) is 0. The number of hydrogen-bond acceptors (Lipinski definition) is 3. The Bertz CT molecular complexity index is 209. The number of para-hydroxylation sites is 1. The zero-order valence-corrected chi connectivity index (χ0v) is 6.81. The maximum atomic E-state index is 8.78. The fraction of sp³-hybridized carbons (Fsp3) is 0.333. The van der Waals surface area contributed by atoms with E-state index in [-0.39, 0.29) is 12.7 Å². The number of benzene rings is 1. The summed E-state index contributed by atoms with van der Waals surface area (Å²) in [6.07, 6.45) is -0.299. The van der Waals surface area contributed by atoms with E-state index in [0.717, 1.165) is 5.75 Å². The summed E-state index contributed by atoms with van der Waals surface area (Å²) in [5, 5.41) is 8.78. The summed E-state index contributed by atoms with van der Waals surface area (Å²) in [7, 11) is 0. The maximum absolute atomic E-state index is 8.78. The molecule has 12 heavy (non-hydrogen) atoms. The van der Waals surface area contributed by atoms with Gasteiger partial charge in [-0.3, -0.25) is 0 Å². The van der Waals surface area contributed by atoms with Crippen LogP contribution in [0.1, 0.15) is 0 Å². The number of aliphatic hydroxyl groups excluding tert-OH is 1. The molecule has 66 valence electrons. The van der Waals surface area contributed by atoms with Gasteiger partial charge in [0.15, 0.2) is 0 Å². The third-order valence-corrected chi connectivity index (χ3v) is 1.51. The Morgan fingerprint density at radius 1 is 1.33 bits per heavy atom. The molecule has 0 aliphatic heterocycles. The topological polar surface area (TPSA) is 55.5 Å². The van der Waals surface area contributed by atoms with Gasteiger partial charge in [0.25, 0.3) is 0 Å². The molecule has 0 spiro atoms. The summed E-state index contributed by atoms with van der Waals surface area (Å²) >= 11 is 0. The standard InChI is InChI=1S/C9H13NO2/c10-6-9(7-11)12-8-4-2-1-3-5-8/h1-5,9,11H,6-7,10H2. The van der Waals surface area contributed by atoms with Crippen molar-refractivity contribution in [2.45, 2.75) is 6.10 Å². The number of hydrogen-bond donors (Lipinski definition) is 2. The van der Waals surface area contributed by atoms with Gasteiger partial charge >= 0.3 is 0 Å². The Morgan fingerprint density at radius 3 is 2.50 bits per heavy atom. The van der Waals surface area contributed by atoms with Gasteiger partial charge in [0.1, 0.15) is 11.9 Å². The molecule has 0 aliphatic carbocycles. The number of ether oxygens (including phenoxy) is 1. The van der Waals surface area contributed by atoms with Crippen molar-refractivity contribution in [1.82, 2.24) is 0 Å². The molecule has 0 aliphatic rings. The summed E-state index contributed by atoms with van der Waals surface area (Å²) in [5.41, 5.74) is 5.35. The first kappa shape index (κ1) is 9.03. The van der Waals surface area contributed by atoms with E-state index in [4.69, 9.17) is 15.6 Å². The molecule has 3 N–H and O–H groups in total. The van der Waals surface area contributed by atoms with Crippen LogP contribution in [-0.4, -0.2) is 24.4 Å². The van der Waals surface area contributed by atoms with Gasteiger partial charge < -0.3 is 15.6 Å². The molecular formula is C9H13NO2. The summed E-state index contributed by atoms with van der Waals surface area (Å²) in [5.74, 6) is 0.738. The van der Waals surface area contributed by atoms with Crippen molar-refractivity contribution in [3.8, 4) is 5.75 Å². The van der Waals surface area contributed by atoms with E-state index in [2.05, 4.69) is 0 Å². The summed E-state index contributed by atoms with van der Waals surface area (Å²) < 4.78 is 5.34. The van der Waals surface area contributed by atoms with E-state index in [1.807, 2.05) is 30.3 Å². The second kappa shape index (κ2) is 4.74. The van der Waals surface area contributed by atoms with E-state index >= 15 is 0 Å². The van der Waals surface area contributed by atoms with Crippen LogP contribution in [0, 0.1) is 0 Å². The van der Waals surface area contributed by atoms with Gasteiger partial charge in [-0.1, -0.05) is 18.2 Å². The Kier molecular flexibility index (Phi) is 3.57. The van der Waals surface area contributed by atoms with E-state index < -0.39 is 0 Å². The lowest BCUT2D eigenvalue weighted by molar-refractivity contribution is 0.122. The monoisotopic (exact) mass is 167 g/mol. The Labute approximate surface area is 71.8 Å². The Balaban J connectivity index is 2.51. The molecule has 1 rings (SSSR count). The lowest BCUT2D eigenvalue weighted by Crippen LogP contribution is -2.30. The van der Waals surface area contributed by atoms with Crippen molar-refractivity contribution in [1.29, 1.82) is 0 Å². The molecule has 1 unspecified atom stereocenters. The molecular weight excluding hydrogens is 154 g/mol. The highest BCUT2D eigenvalue weighted by atomic mass is 16.5. The van der Waals surface area contributed by atoms with Gasteiger partial charge in [0.05, 0.1) is 6.61 Å². The van der Waals surface area contributed by atoms with Crippen LogP contribution in [0.25, 0.3) is 0 Å². The minimum atomic E-state index is -0.299. The average molecular weight is 167 g/mol. The van der Waals surface area contributed by atoms with Crippen LogP contribution in [0.3, 0.4) is 0 Å². The van der Waals surface area contributed by atoms with Gasteiger partial charge in [-0.15, -0.1) is 0 Å². The number of rotatable bonds is 4. The smallest absolute Gasteiger partial charge is 0.134 e. The average Bonchev–Trinajstić information content (AvgIpc) is 2.16. The highest BCUT2D eigenvalue weighted by molar-refractivity contribution is 5.21. The molecule has 1 aromatic rings. The molecule has 0 heterocycles. The molecule has 3 heteroatoms. The van der Waals surface area contributed by atoms with Crippen molar-refractivity contribution in [2.75, 3.05) is 13.2 Å². The molecule has 0 amide bonds. The third kappa shape index (κ3) is 2.53. The van der Waals surface area contributed by atoms with E-state index in [9.17, 15) is 0 Å². The summed E-state index contributed by atoms with van der Waals surface area (Å²) in [6.45, 7) is 0.275. The fourth-order valence-corrected chi connectivity index (χ4v) is 0.851. The third-order valence-electron chi connectivity index (χ3n) is 1.51. The zero-order valence-electron chi connectivity index (χ0n) is 6.81. The first-order chi connectivity index (χ1) is 5.86. The SMILES string of the molecule is NCC(CO)Oc1ccccc1. The Morgan fingerprint density at radius 2 is 2.00 bits per heavy atom. The fourth-order valence-electron chi connectivity index (χ4n) is 0.851. The molecule has 0 aromatic heterocycles. The lowest BCUT2D eigenvalue weighted by Gasteiger charge is -2.14. The predicted molar refractivity (Wildman–Crippen MR) is 47.0 cm³/mol. The molecule has 0 fully saturated rings. The van der Waals surface area contributed by atoms with Gasteiger partial charge in [-0.25, -0.2) is 0 Å². The molecule has 3 nitrogen and oxygen atoms in total. The van der Waals surface area contributed by atoms with Crippen LogP contribution < -0.4 is 10.5 Å². The quantitative estimate of drug-likeness (QED) is 0.681. The van der Waals surface area contributed by atoms with Crippen molar-refractivity contribution in [3.63, 3.8) is 0 Å². The summed E-state index contributed by atoms with van der Waals surface area (Å²) in [6, 6.07) is 9.32. The van der Waals surface area contributed by atoms with E-state index in [1.165, 1.54) is 0 Å². The first-order valence-corrected chi connectivity index (χ1v) is 3.89. The van der Waals surface area contributed by atoms with Crippen LogP contribution in [0.4, 0.5) is 0 Å². The first-order valence-electron chi connectivity index (χ1n) is 3.89. The minimum absolute atomic E-state index is 0.0502. The number of nitrogens with two attached hydrogens (primary N) is 1. The number of aliphatic hydroxyl groups is 1. The van der Waals surface area contributed by atoms with Crippen molar-refractivity contribution < 1.29 is 9.84 Å². The van der Waals surface area contributed by atoms with Crippen molar-refractivity contribution >= 4 is 0 Å². The van der Waals surface area contributed by atoms with Crippen LogP contribution in [0.15, 0.2) is 30.3 Å². The van der Waals surface area contributed by atoms with Crippen LogP contribution in [-0.2, 0) is 0 Å². The molecule has 0 radical (unpaired) electrons. The van der Waals surface area contributed by atoms with Crippen molar-refractivity contribution in [2.24, 2.45) is 5.73 Å². The molecule has 1 aromatic carbocycles. The molecule has 0 saturated heterocycles. The van der Waals surface area contributed by atoms with Gasteiger partial charge in [0.2, 0.25) is 0 Å². The Hall–Kier alpha value is -1.06. The van der Waals surface area contributed by atoms with Gasteiger partial charge in [-0.2, -0.15) is 0 Å². The van der Waals surface area contributed by atoms with Gasteiger partial charge in [-0.05, 0) is 12.1 Å². The molecule has 0 bridgehead atoms. The molecule has 0 saturated carbocycles. The van der Waals surface area contributed by atoms with Crippen LogP contribution in [0.2, 0.25) is 0 Å². The van der Waals surface area contributed by atoms with Crippen molar-refractivity contribution in [3.05, 3.63) is 30.3 Å². The highest BCUT2D eigenvalue weighted by Crippen LogP contribution is 2.09. The van der Waals surface area contributed by atoms with Gasteiger partial charge in [0, 0.05) is 6.54 Å². The largest absolute Gasteiger partial charge is 0.487 e. The maximum Gasteiger partial charge on any atom is 0.134 e. The lowest BCUT2D eigenvalue weighted by atomic mass is 10.3. The van der Waals surface area contributed by atoms with E-state index in [0.29, 0.717) is 6.54 Å². The van der Waals surface area contributed by atoms with Crippen LogP contribution >= 0.6 is 0 Å².